The Morgan fingerprint density at radius 1 is 0.658 bits per heavy atom. The molecule has 2 fully saturated rings. The van der Waals surface area contributed by atoms with Gasteiger partial charge in [0.25, 0.3) is 0 Å². The molecule has 2 aromatic heterocycles. The standard InChI is InChI=1S/2C14H23N3OS/c2*1-5-12(18)16-6-8-17(9-7-16)13-15-11(10-19-13)14(2,3)4/h2*10H,5-9H2,1-4H3. The van der Waals surface area contributed by atoms with E-state index >= 15 is 0 Å². The Morgan fingerprint density at radius 2 is 0.974 bits per heavy atom. The molecule has 0 unspecified atom stereocenters. The Hall–Kier alpha value is -2.20. The van der Waals surface area contributed by atoms with Crippen molar-refractivity contribution in [3.05, 3.63) is 22.1 Å². The molecule has 2 saturated heterocycles. The summed E-state index contributed by atoms with van der Waals surface area (Å²) < 4.78 is 0. The third-order valence-electron chi connectivity index (χ3n) is 6.93. The van der Waals surface area contributed by atoms with Crippen LogP contribution in [0.2, 0.25) is 0 Å². The lowest BCUT2D eigenvalue weighted by Crippen LogP contribution is -2.48. The van der Waals surface area contributed by atoms with Gasteiger partial charge in [-0.25, -0.2) is 9.97 Å². The predicted octanol–water partition coefficient (Wildman–Crippen LogP) is 5.00. The molecule has 0 N–H and O–H groups in total. The second kappa shape index (κ2) is 12.8. The fraction of sp³-hybridized carbons (Fsp3) is 0.714. The normalized spacial score (nSPS) is 16.8. The Bertz CT molecular complexity index is 968. The molecule has 4 rings (SSSR count). The van der Waals surface area contributed by atoms with Crippen LogP contribution in [-0.2, 0) is 20.4 Å². The first kappa shape index (κ1) is 30.3. The highest BCUT2D eigenvalue weighted by Gasteiger charge is 2.25. The monoisotopic (exact) mass is 562 g/mol. The van der Waals surface area contributed by atoms with Crippen molar-refractivity contribution in [1.82, 2.24) is 19.8 Å². The van der Waals surface area contributed by atoms with Gasteiger partial charge < -0.3 is 19.6 Å². The summed E-state index contributed by atoms with van der Waals surface area (Å²) in [6, 6.07) is 0. The summed E-state index contributed by atoms with van der Waals surface area (Å²) in [7, 11) is 0. The minimum absolute atomic E-state index is 0.106. The molecule has 0 spiro atoms. The molecule has 0 aromatic carbocycles. The fourth-order valence-electron chi connectivity index (χ4n) is 4.25. The van der Waals surface area contributed by atoms with E-state index in [4.69, 9.17) is 9.97 Å². The minimum atomic E-state index is 0.106. The zero-order valence-corrected chi connectivity index (χ0v) is 26.2. The Balaban J connectivity index is 0.000000211. The lowest BCUT2D eigenvalue weighted by Gasteiger charge is -2.34. The second-order valence-corrected chi connectivity index (χ2v) is 13.6. The van der Waals surface area contributed by atoms with Gasteiger partial charge in [-0.3, -0.25) is 9.59 Å². The molecule has 0 aliphatic carbocycles. The first-order chi connectivity index (χ1) is 17.8. The fourth-order valence-corrected chi connectivity index (χ4v) is 6.46. The lowest BCUT2D eigenvalue weighted by atomic mass is 9.93. The molecule has 2 aliphatic heterocycles. The van der Waals surface area contributed by atoms with E-state index in [1.54, 1.807) is 22.7 Å². The van der Waals surface area contributed by atoms with E-state index in [1.165, 1.54) is 0 Å². The quantitative estimate of drug-likeness (QED) is 0.522. The van der Waals surface area contributed by atoms with Crippen LogP contribution in [0.5, 0.6) is 0 Å². The Morgan fingerprint density at radius 3 is 1.21 bits per heavy atom. The van der Waals surface area contributed by atoms with Crippen LogP contribution < -0.4 is 9.80 Å². The number of nitrogens with zero attached hydrogens (tertiary/aromatic N) is 6. The average Bonchev–Trinajstić information content (AvgIpc) is 3.59. The summed E-state index contributed by atoms with van der Waals surface area (Å²) >= 11 is 3.42. The van der Waals surface area contributed by atoms with E-state index in [2.05, 4.69) is 62.1 Å². The first-order valence-electron chi connectivity index (χ1n) is 13.8. The van der Waals surface area contributed by atoms with Crippen LogP contribution in [-0.4, -0.2) is 83.9 Å². The highest BCUT2D eigenvalue weighted by molar-refractivity contribution is 7.14. The van der Waals surface area contributed by atoms with E-state index in [0.717, 1.165) is 74.0 Å². The van der Waals surface area contributed by atoms with Gasteiger partial charge in [-0.2, -0.15) is 0 Å². The van der Waals surface area contributed by atoms with Gasteiger partial charge >= 0.3 is 0 Å². The minimum Gasteiger partial charge on any atom is -0.345 e. The van der Waals surface area contributed by atoms with Crippen LogP contribution in [0.3, 0.4) is 0 Å². The Labute approximate surface area is 237 Å². The van der Waals surface area contributed by atoms with Crippen molar-refractivity contribution in [2.75, 3.05) is 62.2 Å². The molecule has 8 nitrogen and oxygen atoms in total. The van der Waals surface area contributed by atoms with E-state index in [0.29, 0.717) is 12.8 Å². The molecule has 38 heavy (non-hydrogen) atoms. The summed E-state index contributed by atoms with van der Waals surface area (Å²) in [6.45, 7) is 23.8. The number of anilines is 2. The molecular weight excluding hydrogens is 516 g/mol. The van der Waals surface area contributed by atoms with E-state index < -0.39 is 0 Å². The molecule has 2 aromatic rings. The highest BCUT2D eigenvalue weighted by atomic mass is 32.1. The van der Waals surface area contributed by atoms with Crippen molar-refractivity contribution in [3.63, 3.8) is 0 Å². The number of aromatic nitrogens is 2. The molecular formula is C28H46N6O2S2. The number of rotatable bonds is 4. The number of amides is 2. The molecule has 0 radical (unpaired) electrons. The van der Waals surface area contributed by atoms with Gasteiger partial charge in [0.1, 0.15) is 0 Å². The summed E-state index contributed by atoms with van der Waals surface area (Å²) in [5.74, 6) is 0.517. The number of carbonyl (C=O) groups excluding carboxylic acids is 2. The lowest BCUT2D eigenvalue weighted by molar-refractivity contribution is -0.131. The van der Waals surface area contributed by atoms with Crippen molar-refractivity contribution in [1.29, 1.82) is 0 Å². The number of thiazole rings is 2. The molecule has 0 atom stereocenters. The van der Waals surface area contributed by atoms with Crippen LogP contribution in [0.4, 0.5) is 10.3 Å². The zero-order valence-electron chi connectivity index (χ0n) is 24.5. The van der Waals surface area contributed by atoms with Gasteiger partial charge in [0.15, 0.2) is 10.3 Å². The Kier molecular flexibility index (Phi) is 10.2. The number of piperazine rings is 2. The maximum Gasteiger partial charge on any atom is 0.222 e. The summed E-state index contributed by atoms with van der Waals surface area (Å²) in [5, 5.41) is 6.49. The highest BCUT2D eigenvalue weighted by Crippen LogP contribution is 2.30. The van der Waals surface area contributed by atoms with Crippen molar-refractivity contribution in [2.24, 2.45) is 0 Å². The molecule has 212 valence electrons. The van der Waals surface area contributed by atoms with Gasteiger partial charge in [0.2, 0.25) is 11.8 Å². The zero-order chi connectivity index (χ0) is 28.1. The maximum atomic E-state index is 11.6. The van der Waals surface area contributed by atoms with Gasteiger partial charge in [0.05, 0.1) is 11.4 Å². The predicted molar refractivity (Wildman–Crippen MR) is 160 cm³/mol. The van der Waals surface area contributed by atoms with Gasteiger partial charge in [-0.1, -0.05) is 55.4 Å². The van der Waals surface area contributed by atoms with Crippen LogP contribution in [0.25, 0.3) is 0 Å². The number of hydrogen-bond acceptors (Lipinski definition) is 8. The smallest absolute Gasteiger partial charge is 0.222 e. The van der Waals surface area contributed by atoms with Gasteiger partial charge in [0, 0.05) is 86.8 Å². The summed E-state index contributed by atoms with van der Waals surface area (Å²) in [4.78, 5) is 41.2. The average molecular weight is 563 g/mol. The number of hydrogen-bond donors (Lipinski definition) is 0. The molecule has 0 bridgehead atoms. The van der Waals surface area contributed by atoms with Crippen LogP contribution in [0.1, 0.15) is 79.6 Å². The molecule has 2 amide bonds. The molecule has 2 aliphatic rings. The van der Waals surface area contributed by atoms with Crippen LogP contribution in [0.15, 0.2) is 10.8 Å². The second-order valence-electron chi connectivity index (χ2n) is 12.0. The van der Waals surface area contributed by atoms with Crippen molar-refractivity contribution in [3.8, 4) is 0 Å². The van der Waals surface area contributed by atoms with Gasteiger partial charge in [-0.15, -0.1) is 22.7 Å². The van der Waals surface area contributed by atoms with Crippen molar-refractivity contribution >= 4 is 44.8 Å². The van der Waals surface area contributed by atoms with E-state index in [1.807, 2.05) is 23.6 Å². The largest absolute Gasteiger partial charge is 0.345 e. The van der Waals surface area contributed by atoms with E-state index in [9.17, 15) is 9.59 Å². The van der Waals surface area contributed by atoms with Crippen LogP contribution in [0, 0.1) is 0 Å². The van der Waals surface area contributed by atoms with Crippen LogP contribution >= 0.6 is 22.7 Å². The maximum absolute atomic E-state index is 11.6. The van der Waals surface area contributed by atoms with Crippen molar-refractivity contribution in [2.45, 2.75) is 79.1 Å². The third kappa shape index (κ3) is 7.91. The summed E-state index contributed by atoms with van der Waals surface area (Å²) in [5.41, 5.74) is 2.52. The SMILES string of the molecule is CCC(=O)N1CCN(c2nc(C(C)(C)C)cs2)CC1.CCC(=O)N1CCN(c2nc(C(C)(C)C)cs2)CC1. The van der Waals surface area contributed by atoms with Gasteiger partial charge in [-0.05, 0) is 0 Å². The van der Waals surface area contributed by atoms with Crippen molar-refractivity contribution < 1.29 is 9.59 Å². The third-order valence-corrected chi connectivity index (χ3v) is 8.73. The summed E-state index contributed by atoms with van der Waals surface area (Å²) in [6.07, 6.45) is 1.21. The first-order valence-corrected chi connectivity index (χ1v) is 15.6. The molecule has 10 heteroatoms. The van der Waals surface area contributed by atoms with E-state index in [-0.39, 0.29) is 22.6 Å². The molecule has 0 saturated carbocycles. The molecule has 4 heterocycles. The topological polar surface area (TPSA) is 72.9 Å². The number of carbonyl (C=O) groups is 2.